The van der Waals surface area contributed by atoms with E-state index < -0.39 is 0 Å². The summed E-state index contributed by atoms with van der Waals surface area (Å²) in [6.45, 7) is 6.64. The molecule has 1 N–H and O–H groups in total. The lowest BCUT2D eigenvalue weighted by Gasteiger charge is -2.28. The molecule has 1 aliphatic rings. The van der Waals surface area contributed by atoms with Crippen LogP contribution >= 0.6 is 0 Å². The number of carbonyl (C=O) groups is 1. The minimum absolute atomic E-state index is 0.126. The molecule has 106 valence electrons. The molecule has 0 bridgehead atoms. The molecular formula is C13H23N5O. The molecule has 19 heavy (non-hydrogen) atoms. The molecule has 6 nitrogen and oxygen atoms in total. The van der Waals surface area contributed by atoms with Crippen molar-refractivity contribution in [1.82, 2.24) is 25.0 Å². The van der Waals surface area contributed by atoms with E-state index in [2.05, 4.69) is 22.3 Å². The molecule has 0 aromatic carbocycles. The third-order valence-corrected chi connectivity index (χ3v) is 3.60. The first kappa shape index (κ1) is 14.0. The van der Waals surface area contributed by atoms with E-state index in [9.17, 15) is 4.79 Å². The van der Waals surface area contributed by atoms with Gasteiger partial charge in [0.2, 0.25) is 5.91 Å². The Kier molecular flexibility index (Phi) is 4.90. The molecule has 0 spiro atoms. The van der Waals surface area contributed by atoms with Gasteiger partial charge in [-0.05, 0) is 32.7 Å². The first-order valence-corrected chi connectivity index (χ1v) is 7.08. The van der Waals surface area contributed by atoms with Crippen molar-refractivity contribution in [2.24, 2.45) is 0 Å². The van der Waals surface area contributed by atoms with Gasteiger partial charge in [-0.3, -0.25) is 4.79 Å². The number of hydrogen-bond donors (Lipinski definition) is 1. The van der Waals surface area contributed by atoms with Gasteiger partial charge in [-0.15, -0.1) is 0 Å². The molecule has 0 saturated carbocycles. The summed E-state index contributed by atoms with van der Waals surface area (Å²) < 4.78 is 1.62. The van der Waals surface area contributed by atoms with Crippen LogP contribution in [0.1, 0.15) is 39.2 Å². The second kappa shape index (κ2) is 6.65. The summed E-state index contributed by atoms with van der Waals surface area (Å²) in [5.41, 5.74) is 0. The van der Waals surface area contributed by atoms with Crippen LogP contribution in [0.4, 0.5) is 0 Å². The van der Waals surface area contributed by atoms with Gasteiger partial charge in [0.15, 0.2) is 0 Å². The number of nitrogens with zero attached hydrogens (tertiary/aromatic N) is 4. The van der Waals surface area contributed by atoms with Crippen molar-refractivity contribution in [3.63, 3.8) is 0 Å². The lowest BCUT2D eigenvalue weighted by molar-refractivity contribution is -0.135. The number of aromatic nitrogens is 3. The molecule has 1 aromatic rings. The van der Waals surface area contributed by atoms with E-state index in [4.69, 9.17) is 0 Å². The van der Waals surface area contributed by atoms with Gasteiger partial charge < -0.3 is 10.2 Å². The fourth-order valence-electron chi connectivity index (χ4n) is 2.53. The quantitative estimate of drug-likeness (QED) is 0.827. The highest BCUT2D eigenvalue weighted by Gasteiger charge is 2.25. The summed E-state index contributed by atoms with van der Waals surface area (Å²) in [4.78, 5) is 18.4. The van der Waals surface area contributed by atoms with E-state index in [0.29, 0.717) is 6.04 Å². The zero-order valence-electron chi connectivity index (χ0n) is 11.7. The van der Waals surface area contributed by atoms with Crippen molar-refractivity contribution >= 4 is 5.91 Å². The summed E-state index contributed by atoms with van der Waals surface area (Å²) in [6, 6.07) is 0.161. The van der Waals surface area contributed by atoms with Crippen LogP contribution in [0, 0.1) is 0 Å². The molecule has 0 aliphatic carbocycles. The normalized spacial score (nSPS) is 20.4. The van der Waals surface area contributed by atoms with Gasteiger partial charge in [-0.25, -0.2) is 9.67 Å². The van der Waals surface area contributed by atoms with Crippen LogP contribution in [0.2, 0.25) is 0 Å². The highest BCUT2D eigenvalue weighted by atomic mass is 16.2. The van der Waals surface area contributed by atoms with E-state index >= 15 is 0 Å². The van der Waals surface area contributed by atoms with Gasteiger partial charge in [0.25, 0.3) is 0 Å². The third-order valence-electron chi connectivity index (χ3n) is 3.60. The molecule has 2 atom stereocenters. The molecular weight excluding hydrogens is 242 g/mol. The number of carbonyl (C=O) groups excluding carboxylic acids is 1. The van der Waals surface area contributed by atoms with Crippen molar-refractivity contribution in [3.8, 4) is 0 Å². The van der Waals surface area contributed by atoms with Crippen molar-refractivity contribution in [3.05, 3.63) is 12.7 Å². The Morgan fingerprint density at radius 2 is 2.47 bits per heavy atom. The van der Waals surface area contributed by atoms with Gasteiger partial charge >= 0.3 is 0 Å². The Hall–Kier alpha value is -1.43. The maximum Gasteiger partial charge on any atom is 0.247 e. The van der Waals surface area contributed by atoms with E-state index in [-0.39, 0.29) is 11.9 Å². The molecule has 2 rings (SSSR count). The molecule has 1 amide bonds. The summed E-state index contributed by atoms with van der Waals surface area (Å²) in [6.07, 6.45) is 6.40. The Morgan fingerprint density at radius 1 is 1.63 bits per heavy atom. The van der Waals surface area contributed by atoms with E-state index in [1.165, 1.54) is 12.7 Å². The topological polar surface area (TPSA) is 63.1 Å². The minimum atomic E-state index is -0.282. The summed E-state index contributed by atoms with van der Waals surface area (Å²) in [5.74, 6) is 0.126. The predicted molar refractivity (Wildman–Crippen MR) is 72.6 cm³/mol. The molecule has 0 radical (unpaired) electrons. The molecule has 1 saturated heterocycles. The average Bonchev–Trinajstić information content (AvgIpc) is 3.09. The van der Waals surface area contributed by atoms with Crippen molar-refractivity contribution in [2.45, 2.75) is 45.2 Å². The smallest absolute Gasteiger partial charge is 0.247 e. The fourth-order valence-corrected chi connectivity index (χ4v) is 2.53. The fraction of sp³-hybridized carbons (Fsp3) is 0.769. The Morgan fingerprint density at radius 3 is 3.05 bits per heavy atom. The van der Waals surface area contributed by atoms with E-state index in [0.717, 1.165) is 32.5 Å². The second-order valence-electron chi connectivity index (χ2n) is 5.13. The lowest BCUT2D eigenvalue weighted by atomic mass is 10.2. The van der Waals surface area contributed by atoms with Crippen LogP contribution in [0.15, 0.2) is 12.7 Å². The number of rotatable bonds is 6. The maximum atomic E-state index is 12.5. The standard InChI is InChI=1S/C13H23N5O/c1-3-7-17(8-12-5-4-6-15-12)13(19)11(2)18-10-14-9-16-18/h9-12,15H,3-8H2,1-2H3. The van der Waals surface area contributed by atoms with Gasteiger partial charge in [0.1, 0.15) is 18.7 Å². The zero-order valence-corrected chi connectivity index (χ0v) is 11.7. The summed E-state index contributed by atoms with van der Waals surface area (Å²) >= 11 is 0. The summed E-state index contributed by atoms with van der Waals surface area (Å²) in [5, 5.41) is 7.50. The van der Waals surface area contributed by atoms with Crippen molar-refractivity contribution in [2.75, 3.05) is 19.6 Å². The minimum Gasteiger partial charge on any atom is -0.339 e. The molecule has 2 heterocycles. The first-order chi connectivity index (χ1) is 9.22. The van der Waals surface area contributed by atoms with Crippen LogP contribution in [0.25, 0.3) is 0 Å². The van der Waals surface area contributed by atoms with Crippen LogP contribution in [0.3, 0.4) is 0 Å². The molecule has 1 aromatic heterocycles. The van der Waals surface area contributed by atoms with Gasteiger partial charge in [0.05, 0.1) is 0 Å². The van der Waals surface area contributed by atoms with Gasteiger partial charge in [-0.1, -0.05) is 6.92 Å². The maximum absolute atomic E-state index is 12.5. The van der Waals surface area contributed by atoms with Crippen LogP contribution < -0.4 is 5.32 Å². The lowest BCUT2D eigenvalue weighted by Crippen LogP contribution is -2.44. The van der Waals surface area contributed by atoms with E-state index in [1.54, 1.807) is 11.0 Å². The van der Waals surface area contributed by atoms with Gasteiger partial charge in [-0.2, -0.15) is 5.10 Å². The number of amides is 1. The average molecular weight is 265 g/mol. The highest BCUT2D eigenvalue weighted by Crippen LogP contribution is 2.12. The van der Waals surface area contributed by atoms with Crippen LogP contribution in [-0.4, -0.2) is 51.2 Å². The first-order valence-electron chi connectivity index (χ1n) is 7.08. The second-order valence-corrected chi connectivity index (χ2v) is 5.13. The monoisotopic (exact) mass is 265 g/mol. The molecule has 2 unspecified atom stereocenters. The zero-order chi connectivity index (χ0) is 13.7. The van der Waals surface area contributed by atoms with E-state index in [1.807, 2.05) is 11.8 Å². The van der Waals surface area contributed by atoms with Crippen LogP contribution in [0.5, 0.6) is 0 Å². The molecule has 1 aliphatic heterocycles. The number of hydrogen-bond acceptors (Lipinski definition) is 4. The Labute approximate surface area is 114 Å². The van der Waals surface area contributed by atoms with Gasteiger partial charge in [0, 0.05) is 19.1 Å². The Bertz CT molecular complexity index is 386. The molecule has 1 fully saturated rings. The van der Waals surface area contributed by atoms with Crippen molar-refractivity contribution < 1.29 is 4.79 Å². The molecule has 6 heteroatoms. The van der Waals surface area contributed by atoms with Crippen molar-refractivity contribution in [1.29, 1.82) is 0 Å². The summed E-state index contributed by atoms with van der Waals surface area (Å²) in [7, 11) is 0. The van der Waals surface area contributed by atoms with Crippen LogP contribution in [-0.2, 0) is 4.79 Å². The number of nitrogens with one attached hydrogen (secondary N) is 1. The SMILES string of the molecule is CCCN(CC1CCCN1)C(=O)C(C)n1cncn1. The highest BCUT2D eigenvalue weighted by molar-refractivity contribution is 5.80. The Balaban J connectivity index is 1.98. The predicted octanol–water partition coefficient (Wildman–Crippen LogP) is 0.830. The third kappa shape index (κ3) is 3.53. The largest absolute Gasteiger partial charge is 0.339 e.